The molecular weight excluding hydrogens is 431 g/mol. The summed E-state index contributed by atoms with van der Waals surface area (Å²) in [5.74, 6) is 1.42. The summed E-state index contributed by atoms with van der Waals surface area (Å²) < 4.78 is 7.89. The molecule has 6 nitrogen and oxygen atoms in total. The number of benzene rings is 2. The first-order valence-corrected chi connectivity index (χ1v) is 10.7. The van der Waals surface area contributed by atoms with Crippen molar-refractivity contribution in [2.45, 2.75) is 31.7 Å². The average molecular weight is 451 g/mol. The number of nitrogens with one attached hydrogen (secondary N) is 1. The van der Waals surface area contributed by atoms with Crippen LogP contribution in [0.5, 0.6) is 5.75 Å². The van der Waals surface area contributed by atoms with Gasteiger partial charge in [-0.1, -0.05) is 53.2 Å². The van der Waals surface area contributed by atoms with E-state index < -0.39 is 0 Å². The lowest BCUT2D eigenvalue weighted by atomic mass is 10.3. The van der Waals surface area contributed by atoms with Crippen LogP contribution in [-0.4, -0.2) is 26.4 Å². The number of ether oxygens (including phenoxy) is 1. The van der Waals surface area contributed by atoms with Gasteiger partial charge in [0, 0.05) is 11.6 Å². The van der Waals surface area contributed by atoms with Gasteiger partial charge in [-0.15, -0.1) is 10.2 Å². The fraction of sp³-hybridized carbons (Fsp3) is 0.250. The van der Waals surface area contributed by atoms with Crippen molar-refractivity contribution >= 4 is 46.6 Å². The number of anilines is 1. The summed E-state index contributed by atoms with van der Waals surface area (Å²) in [5, 5.41) is 12.8. The van der Waals surface area contributed by atoms with Crippen LogP contribution in [0.15, 0.2) is 53.7 Å². The van der Waals surface area contributed by atoms with Crippen molar-refractivity contribution in [1.29, 1.82) is 0 Å². The summed E-state index contributed by atoms with van der Waals surface area (Å²) in [6, 6.07) is 14.5. The Morgan fingerprint density at radius 1 is 1.21 bits per heavy atom. The molecule has 1 heterocycles. The largest absolute Gasteiger partial charge is 0.483 e. The van der Waals surface area contributed by atoms with E-state index in [1.165, 1.54) is 11.8 Å². The van der Waals surface area contributed by atoms with Gasteiger partial charge in [0.15, 0.2) is 17.1 Å². The van der Waals surface area contributed by atoms with Gasteiger partial charge in [0.1, 0.15) is 5.75 Å². The molecule has 0 fully saturated rings. The maximum atomic E-state index is 12.3. The Balaban J connectivity index is 1.64. The van der Waals surface area contributed by atoms with E-state index in [4.69, 9.17) is 27.9 Å². The lowest BCUT2D eigenvalue weighted by molar-refractivity contribution is -0.113. The van der Waals surface area contributed by atoms with Crippen molar-refractivity contribution in [2.75, 3.05) is 11.1 Å². The second-order valence-electron chi connectivity index (χ2n) is 6.12. The minimum Gasteiger partial charge on any atom is -0.483 e. The van der Waals surface area contributed by atoms with Crippen LogP contribution in [0.4, 0.5) is 5.69 Å². The molecule has 0 aliphatic carbocycles. The van der Waals surface area contributed by atoms with Crippen molar-refractivity contribution in [3.63, 3.8) is 0 Å². The Kier molecular flexibility index (Phi) is 7.41. The normalized spacial score (nSPS) is 11.9. The van der Waals surface area contributed by atoms with E-state index in [1.807, 2.05) is 48.7 Å². The molecule has 0 unspecified atom stereocenters. The second kappa shape index (κ2) is 10.0. The monoisotopic (exact) mass is 450 g/mol. The van der Waals surface area contributed by atoms with Gasteiger partial charge in [0.25, 0.3) is 0 Å². The van der Waals surface area contributed by atoms with Gasteiger partial charge >= 0.3 is 0 Å². The fourth-order valence-electron chi connectivity index (χ4n) is 2.67. The van der Waals surface area contributed by atoms with Crippen LogP contribution in [0, 0.1) is 0 Å². The van der Waals surface area contributed by atoms with E-state index in [1.54, 1.807) is 18.2 Å². The molecule has 1 N–H and O–H groups in total. The number of para-hydroxylation sites is 1. The molecule has 2 aromatic carbocycles. The first kappa shape index (κ1) is 21.5. The van der Waals surface area contributed by atoms with Gasteiger partial charge in [-0.25, -0.2) is 0 Å². The van der Waals surface area contributed by atoms with Crippen LogP contribution in [0.25, 0.3) is 0 Å². The minimum atomic E-state index is -0.279. The number of thioether (sulfide) groups is 1. The third-order valence-electron chi connectivity index (χ3n) is 4.02. The minimum absolute atomic E-state index is 0.162. The highest BCUT2D eigenvalue weighted by Gasteiger charge is 2.19. The van der Waals surface area contributed by atoms with Gasteiger partial charge in [0.2, 0.25) is 5.91 Å². The molecule has 0 saturated carbocycles. The quantitative estimate of drug-likeness (QED) is 0.460. The van der Waals surface area contributed by atoms with Crippen LogP contribution in [0.1, 0.15) is 25.8 Å². The highest BCUT2D eigenvalue weighted by Crippen LogP contribution is 2.27. The Labute approximate surface area is 183 Å². The first-order valence-electron chi connectivity index (χ1n) is 9.00. The number of halogens is 2. The van der Waals surface area contributed by atoms with Crippen LogP contribution < -0.4 is 10.1 Å². The Morgan fingerprint density at radius 2 is 1.97 bits per heavy atom. The van der Waals surface area contributed by atoms with Crippen LogP contribution >= 0.6 is 35.0 Å². The SMILES string of the molecule is CCn1c(SCC(=O)Nc2cc(Cl)ccc2Cl)nnc1[C@@H](C)Oc1ccccc1. The maximum Gasteiger partial charge on any atom is 0.234 e. The van der Waals surface area contributed by atoms with Gasteiger partial charge < -0.3 is 14.6 Å². The zero-order valence-electron chi connectivity index (χ0n) is 15.9. The zero-order chi connectivity index (χ0) is 20.8. The third kappa shape index (κ3) is 5.65. The van der Waals surface area contributed by atoms with Crippen molar-refractivity contribution in [3.8, 4) is 5.75 Å². The highest BCUT2D eigenvalue weighted by atomic mass is 35.5. The molecule has 29 heavy (non-hydrogen) atoms. The highest BCUT2D eigenvalue weighted by molar-refractivity contribution is 7.99. The van der Waals surface area contributed by atoms with Gasteiger partial charge in [-0.05, 0) is 44.2 Å². The van der Waals surface area contributed by atoms with Crippen molar-refractivity contribution in [2.24, 2.45) is 0 Å². The molecule has 9 heteroatoms. The zero-order valence-corrected chi connectivity index (χ0v) is 18.3. The number of amides is 1. The molecule has 0 aliphatic rings. The Morgan fingerprint density at radius 3 is 2.69 bits per heavy atom. The summed E-state index contributed by atoms with van der Waals surface area (Å²) in [7, 11) is 0. The molecule has 0 bridgehead atoms. The number of nitrogens with zero attached hydrogens (tertiary/aromatic N) is 3. The van der Waals surface area contributed by atoms with Gasteiger partial charge in [-0.3, -0.25) is 4.79 Å². The average Bonchev–Trinajstić information content (AvgIpc) is 3.13. The standard InChI is InChI=1S/C20H20Cl2N4O2S/c1-3-26-19(13(2)28-15-7-5-4-6-8-15)24-25-20(26)29-12-18(27)23-17-11-14(21)9-10-16(17)22/h4-11,13H,3,12H2,1-2H3,(H,23,27)/t13-/m1/s1. The molecule has 1 amide bonds. The van der Waals surface area contributed by atoms with E-state index >= 15 is 0 Å². The number of carbonyl (C=O) groups excluding carboxylic acids is 1. The molecule has 3 rings (SSSR count). The topological polar surface area (TPSA) is 69.0 Å². The summed E-state index contributed by atoms with van der Waals surface area (Å²) in [6.07, 6.45) is -0.279. The summed E-state index contributed by atoms with van der Waals surface area (Å²) in [6.45, 7) is 4.58. The number of hydrogen-bond donors (Lipinski definition) is 1. The Bertz CT molecular complexity index is 982. The van der Waals surface area contributed by atoms with Gasteiger partial charge in [-0.2, -0.15) is 0 Å². The van der Waals surface area contributed by atoms with E-state index in [2.05, 4.69) is 15.5 Å². The van der Waals surface area contributed by atoms with Crippen molar-refractivity contribution < 1.29 is 9.53 Å². The second-order valence-corrected chi connectivity index (χ2v) is 7.91. The molecule has 0 saturated heterocycles. The van der Waals surface area contributed by atoms with E-state index in [0.29, 0.717) is 33.3 Å². The maximum absolute atomic E-state index is 12.3. The first-order chi connectivity index (χ1) is 14.0. The lowest BCUT2D eigenvalue weighted by Crippen LogP contribution is -2.15. The smallest absolute Gasteiger partial charge is 0.234 e. The van der Waals surface area contributed by atoms with E-state index in [9.17, 15) is 4.79 Å². The summed E-state index contributed by atoms with van der Waals surface area (Å²) in [4.78, 5) is 12.3. The molecule has 152 valence electrons. The Hall–Kier alpha value is -2.22. The molecule has 3 aromatic rings. The van der Waals surface area contributed by atoms with Crippen LogP contribution in [0.2, 0.25) is 10.0 Å². The third-order valence-corrected chi connectivity index (χ3v) is 5.55. The van der Waals surface area contributed by atoms with Crippen LogP contribution in [0.3, 0.4) is 0 Å². The molecule has 1 aromatic heterocycles. The summed E-state index contributed by atoms with van der Waals surface area (Å²) >= 11 is 13.3. The molecular formula is C20H20Cl2N4O2S. The lowest BCUT2D eigenvalue weighted by Gasteiger charge is -2.15. The predicted molar refractivity (Wildman–Crippen MR) is 117 cm³/mol. The molecule has 0 aliphatic heterocycles. The number of aromatic nitrogens is 3. The van der Waals surface area contributed by atoms with Crippen molar-refractivity contribution in [3.05, 3.63) is 64.4 Å². The number of carbonyl (C=O) groups is 1. The van der Waals surface area contributed by atoms with E-state index in [-0.39, 0.29) is 17.8 Å². The molecule has 1 atom stereocenters. The number of rotatable bonds is 8. The molecule has 0 radical (unpaired) electrons. The fourth-order valence-corrected chi connectivity index (χ4v) is 3.82. The number of hydrogen-bond acceptors (Lipinski definition) is 5. The predicted octanol–water partition coefficient (Wildman–Crippen LogP) is 5.48. The molecule has 0 spiro atoms. The van der Waals surface area contributed by atoms with E-state index in [0.717, 1.165) is 5.75 Å². The van der Waals surface area contributed by atoms with Crippen LogP contribution in [-0.2, 0) is 11.3 Å². The van der Waals surface area contributed by atoms with Crippen molar-refractivity contribution in [1.82, 2.24) is 14.8 Å². The van der Waals surface area contributed by atoms with Gasteiger partial charge in [0.05, 0.1) is 16.5 Å². The summed E-state index contributed by atoms with van der Waals surface area (Å²) in [5.41, 5.74) is 0.479.